The number of nitriles is 1. The van der Waals surface area contributed by atoms with E-state index in [1.165, 1.54) is 5.56 Å². The normalized spacial score (nSPS) is 11.0. The van der Waals surface area contributed by atoms with Crippen LogP contribution in [0.2, 0.25) is 0 Å². The number of benzene rings is 8. The Hall–Kier alpha value is -7.48. The zero-order valence-electron chi connectivity index (χ0n) is 30.2. The molecule has 0 bridgehead atoms. The van der Waals surface area contributed by atoms with E-state index in [2.05, 4.69) is 140 Å². The van der Waals surface area contributed by atoms with Gasteiger partial charge in [0.05, 0.1) is 11.6 Å². The molecule has 4 nitrogen and oxygen atoms in total. The molecular weight excluding hydrogens is 669 g/mol. The van der Waals surface area contributed by atoms with E-state index >= 15 is 0 Å². The molecule has 0 N–H and O–H groups in total. The first-order valence-corrected chi connectivity index (χ1v) is 18.3. The molecule has 0 unspecified atom stereocenters. The molecule has 8 aromatic carbocycles. The number of aromatic nitrogens is 3. The van der Waals surface area contributed by atoms with Crippen LogP contribution in [0, 0.1) is 18.3 Å². The molecule has 0 aliphatic carbocycles. The Morgan fingerprint density at radius 1 is 0.382 bits per heavy atom. The quantitative estimate of drug-likeness (QED) is 0.166. The molecule has 9 aromatic rings. The Bertz CT molecular complexity index is 2840. The molecule has 0 aliphatic rings. The van der Waals surface area contributed by atoms with E-state index in [0.717, 1.165) is 72.0 Å². The Morgan fingerprint density at radius 3 is 1.53 bits per heavy atom. The molecule has 0 radical (unpaired) electrons. The van der Waals surface area contributed by atoms with Crippen LogP contribution in [0.1, 0.15) is 11.1 Å². The van der Waals surface area contributed by atoms with Crippen LogP contribution >= 0.6 is 0 Å². The molecule has 0 fully saturated rings. The Kier molecular flexibility index (Phi) is 8.80. The predicted molar refractivity (Wildman–Crippen MR) is 225 cm³/mol. The van der Waals surface area contributed by atoms with Gasteiger partial charge in [0.25, 0.3) is 0 Å². The maximum absolute atomic E-state index is 9.55. The maximum Gasteiger partial charge on any atom is 0.164 e. The van der Waals surface area contributed by atoms with Gasteiger partial charge in [0, 0.05) is 16.7 Å². The third kappa shape index (κ3) is 6.79. The van der Waals surface area contributed by atoms with Crippen molar-refractivity contribution in [1.29, 1.82) is 5.26 Å². The van der Waals surface area contributed by atoms with Gasteiger partial charge in [0.1, 0.15) is 0 Å². The molecule has 55 heavy (non-hydrogen) atoms. The first-order valence-electron chi connectivity index (χ1n) is 18.3. The van der Waals surface area contributed by atoms with Crippen LogP contribution in [0.4, 0.5) is 0 Å². The third-order valence-corrected chi connectivity index (χ3v) is 10.0. The topological polar surface area (TPSA) is 62.5 Å². The van der Waals surface area contributed by atoms with Gasteiger partial charge in [-0.05, 0) is 92.5 Å². The van der Waals surface area contributed by atoms with E-state index in [4.69, 9.17) is 15.0 Å². The summed E-state index contributed by atoms with van der Waals surface area (Å²) in [6, 6.07) is 67.1. The van der Waals surface area contributed by atoms with E-state index < -0.39 is 0 Å². The van der Waals surface area contributed by atoms with Crippen molar-refractivity contribution in [2.24, 2.45) is 0 Å². The molecule has 258 valence electrons. The SMILES string of the molecule is Cc1ccc(-c2cc(-c3nc(-c4ccccc4)nc(-c4ccc(-c5ccccc5)cc4)n3)cc(-c3c(-c4ccc(C#N)cc4)ccc4ccccc34)c2)cc1. The Balaban J connectivity index is 1.28. The lowest BCUT2D eigenvalue weighted by molar-refractivity contribution is 1.07. The van der Waals surface area contributed by atoms with Gasteiger partial charge < -0.3 is 0 Å². The van der Waals surface area contributed by atoms with Crippen molar-refractivity contribution in [2.75, 3.05) is 0 Å². The molecule has 0 amide bonds. The minimum Gasteiger partial charge on any atom is -0.208 e. The summed E-state index contributed by atoms with van der Waals surface area (Å²) < 4.78 is 0. The van der Waals surface area contributed by atoms with Gasteiger partial charge >= 0.3 is 0 Å². The lowest BCUT2D eigenvalue weighted by Gasteiger charge is -2.17. The lowest BCUT2D eigenvalue weighted by atomic mass is 9.87. The second-order valence-corrected chi connectivity index (χ2v) is 13.7. The average molecular weight is 703 g/mol. The highest BCUT2D eigenvalue weighted by Gasteiger charge is 2.18. The lowest BCUT2D eigenvalue weighted by Crippen LogP contribution is -2.01. The van der Waals surface area contributed by atoms with E-state index in [1.54, 1.807) is 0 Å². The highest BCUT2D eigenvalue weighted by atomic mass is 15.0. The fraction of sp³-hybridized carbons (Fsp3) is 0.0196. The predicted octanol–water partition coefficient (Wildman–Crippen LogP) is 12.9. The van der Waals surface area contributed by atoms with Crippen LogP contribution in [0.5, 0.6) is 0 Å². The van der Waals surface area contributed by atoms with Gasteiger partial charge in [-0.1, -0.05) is 163 Å². The van der Waals surface area contributed by atoms with Gasteiger partial charge in [-0.2, -0.15) is 5.26 Å². The van der Waals surface area contributed by atoms with Gasteiger partial charge in [-0.15, -0.1) is 0 Å². The Morgan fingerprint density at radius 2 is 0.855 bits per heavy atom. The summed E-state index contributed by atoms with van der Waals surface area (Å²) in [7, 11) is 0. The summed E-state index contributed by atoms with van der Waals surface area (Å²) in [5.41, 5.74) is 13.2. The molecule has 9 rings (SSSR count). The zero-order chi connectivity index (χ0) is 37.1. The molecular formula is C51H34N4. The minimum atomic E-state index is 0.589. The molecule has 0 saturated carbocycles. The first kappa shape index (κ1) is 33.4. The summed E-state index contributed by atoms with van der Waals surface area (Å²) in [6.07, 6.45) is 0. The number of hydrogen-bond donors (Lipinski definition) is 0. The fourth-order valence-electron chi connectivity index (χ4n) is 7.15. The van der Waals surface area contributed by atoms with Crippen LogP contribution in [0.25, 0.3) is 89.4 Å². The third-order valence-electron chi connectivity index (χ3n) is 10.0. The van der Waals surface area contributed by atoms with Crippen LogP contribution in [0.3, 0.4) is 0 Å². The smallest absolute Gasteiger partial charge is 0.164 e. The summed E-state index contributed by atoms with van der Waals surface area (Å²) in [5, 5.41) is 11.8. The fourth-order valence-corrected chi connectivity index (χ4v) is 7.15. The summed E-state index contributed by atoms with van der Waals surface area (Å²) >= 11 is 0. The van der Waals surface area contributed by atoms with Crippen molar-refractivity contribution in [3.63, 3.8) is 0 Å². The average Bonchev–Trinajstić information content (AvgIpc) is 3.26. The number of rotatable bonds is 7. The van der Waals surface area contributed by atoms with E-state index in [-0.39, 0.29) is 0 Å². The molecule has 4 heteroatoms. The molecule has 1 heterocycles. The van der Waals surface area contributed by atoms with Crippen molar-refractivity contribution in [3.8, 4) is 84.7 Å². The molecule has 1 aromatic heterocycles. The van der Waals surface area contributed by atoms with Gasteiger partial charge in [0.15, 0.2) is 17.5 Å². The molecule has 0 saturated heterocycles. The zero-order valence-corrected chi connectivity index (χ0v) is 30.2. The van der Waals surface area contributed by atoms with Crippen molar-refractivity contribution >= 4 is 10.8 Å². The second-order valence-electron chi connectivity index (χ2n) is 13.7. The van der Waals surface area contributed by atoms with Crippen LogP contribution < -0.4 is 0 Å². The van der Waals surface area contributed by atoms with Crippen molar-refractivity contribution < 1.29 is 0 Å². The van der Waals surface area contributed by atoms with Gasteiger partial charge in [-0.25, -0.2) is 15.0 Å². The van der Waals surface area contributed by atoms with Crippen LogP contribution in [0.15, 0.2) is 188 Å². The second kappa shape index (κ2) is 14.5. The number of aryl methyl sites for hydroxylation is 1. The standard InChI is InChI=1S/C51H34N4/c1-34-16-20-38(21-17-34)43-30-44(48-46-15-9-8-12-39(46)28-29-47(48)40-22-18-35(33-52)19-23-40)32-45(31-43)51-54-49(41-13-6-3-7-14-41)53-50(55-51)42-26-24-37(25-27-42)36-10-4-2-5-11-36/h2-32H,1H3. The highest BCUT2D eigenvalue weighted by Crippen LogP contribution is 2.42. The largest absolute Gasteiger partial charge is 0.208 e. The van der Waals surface area contributed by atoms with E-state index in [9.17, 15) is 5.26 Å². The monoisotopic (exact) mass is 702 g/mol. The highest BCUT2D eigenvalue weighted by molar-refractivity contribution is 6.05. The molecule has 0 aliphatic heterocycles. The summed E-state index contributed by atoms with van der Waals surface area (Å²) in [4.78, 5) is 15.4. The molecule has 0 spiro atoms. The number of hydrogen-bond acceptors (Lipinski definition) is 4. The van der Waals surface area contributed by atoms with Crippen molar-refractivity contribution in [2.45, 2.75) is 6.92 Å². The first-order chi connectivity index (χ1) is 27.1. The summed E-state index contributed by atoms with van der Waals surface area (Å²) in [6.45, 7) is 2.11. The van der Waals surface area contributed by atoms with Crippen LogP contribution in [-0.2, 0) is 0 Å². The minimum absolute atomic E-state index is 0.589. The van der Waals surface area contributed by atoms with Gasteiger partial charge in [0.2, 0.25) is 0 Å². The summed E-state index contributed by atoms with van der Waals surface area (Å²) in [5.74, 6) is 1.80. The molecule has 0 atom stereocenters. The van der Waals surface area contributed by atoms with Crippen molar-refractivity contribution in [1.82, 2.24) is 15.0 Å². The maximum atomic E-state index is 9.55. The van der Waals surface area contributed by atoms with Crippen LogP contribution in [-0.4, -0.2) is 15.0 Å². The van der Waals surface area contributed by atoms with E-state index in [0.29, 0.717) is 23.0 Å². The van der Waals surface area contributed by atoms with Crippen molar-refractivity contribution in [3.05, 3.63) is 199 Å². The number of fused-ring (bicyclic) bond motifs is 1. The Labute approximate surface area is 320 Å². The van der Waals surface area contributed by atoms with E-state index in [1.807, 2.05) is 60.7 Å². The number of nitrogens with zero attached hydrogens (tertiary/aromatic N) is 4. The van der Waals surface area contributed by atoms with Gasteiger partial charge in [-0.3, -0.25) is 0 Å².